The Hall–Kier alpha value is -2.37. The number of carbonyl (C=O) groups excluding carboxylic acids is 2. The lowest BCUT2D eigenvalue weighted by Crippen LogP contribution is -2.37. The van der Waals surface area contributed by atoms with E-state index in [0.717, 1.165) is 17.4 Å². The maximum absolute atomic E-state index is 13.2. The largest absolute Gasteiger partial charge is 0.361 e. The number of carbonyl (C=O) groups is 2. The molecule has 1 aromatic carbocycles. The normalized spacial score (nSPS) is 17.9. The molecule has 0 unspecified atom stereocenters. The van der Waals surface area contributed by atoms with Crippen LogP contribution in [0.25, 0.3) is 10.9 Å². The summed E-state index contributed by atoms with van der Waals surface area (Å²) in [6.07, 6.45) is 2.81. The van der Waals surface area contributed by atoms with Gasteiger partial charge in [0.25, 0.3) is 0 Å². The van der Waals surface area contributed by atoms with Gasteiger partial charge in [0.2, 0.25) is 11.8 Å². The Morgan fingerprint density at radius 2 is 2.27 bits per heavy atom. The van der Waals surface area contributed by atoms with Gasteiger partial charge in [-0.05, 0) is 30.2 Å². The van der Waals surface area contributed by atoms with E-state index in [0.29, 0.717) is 18.6 Å². The Balaban J connectivity index is 1.67. The zero-order valence-electron chi connectivity index (χ0n) is 12.4. The van der Waals surface area contributed by atoms with Crippen LogP contribution in [0, 0.1) is 5.82 Å². The van der Waals surface area contributed by atoms with Crippen molar-refractivity contribution in [2.24, 2.45) is 0 Å². The van der Waals surface area contributed by atoms with Crippen molar-refractivity contribution < 1.29 is 14.0 Å². The first kappa shape index (κ1) is 14.6. The van der Waals surface area contributed by atoms with Gasteiger partial charge in [0.15, 0.2) is 0 Å². The SMILES string of the molecule is CC(=O)N[C@@H]1CCN(C(=O)Cc2c[nH]c3cc(F)ccc23)C1. The molecule has 2 amide bonds. The van der Waals surface area contributed by atoms with Gasteiger partial charge in [-0.25, -0.2) is 4.39 Å². The number of H-pyrrole nitrogens is 1. The molecule has 1 atom stereocenters. The molecule has 116 valence electrons. The number of rotatable bonds is 3. The highest BCUT2D eigenvalue weighted by Gasteiger charge is 2.26. The lowest BCUT2D eigenvalue weighted by Gasteiger charge is -2.16. The Morgan fingerprint density at radius 1 is 1.45 bits per heavy atom. The number of aromatic amines is 1. The summed E-state index contributed by atoms with van der Waals surface area (Å²) < 4.78 is 13.2. The van der Waals surface area contributed by atoms with Crippen molar-refractivity contribution in [3.05, 3.63) is 35.8 Å². The highest BCUT2D eigenvalue weighted by atomic mass is 19.1. The summed E-state index contributed by atoms with van der Waals surface area (Å²) >= 11 is 0. The first-order valence-corrected chi connectivity index (χ1v) is 7.33. The molecule has 6 heteroatoms. The number of nitrogens with zero attached hydrogens (tertiary/aromatic N) is 1. The van der Waals surface area contributed by atoms with Gasteiger partial charge in [0.1, 0.15) is 5.82 Å². The third kappa shape index (κ3) is 2.95. The van der Waals surface area contributed by atoms with Crippen molar-refractivity contribution >= 4 is 22.7 Å². The van der Waals surface area contributed by atoms with E-state index in [4.69, 9.17) is 0 Å². The minimum absolute atomic E-state index is 0.0260. The second-order valence-corrected chi connectivity index (χ2v) is 5.71. The van der Waals surface area contributed by atoms with Gasteiger partial charge in [-0.2, -0.15) is 0 Å². The van der Waals surface area contributed by atoms with E-state index in [-0.39, 0.29) is 30.1 Å². The number of aromatic nitrogens is 1. The smallest absolute Gasteiger partial charge is 0.227 e. The predicted octanol–water partition coefficient (Wildman–Crippen LogP) is 1.59. The minimum atomic E-state index is -0.301. The van der Waals surface area contributed by atoms with E-state index in [2.05, 4.69) is 10.3 Å². The molecule has 1 aromatic heterocycles. The molecule has 0 bridgehead atoms. The second kappa shape index (κ2) is 5.79. The van der Waals surface area contributed by atoms with Gasteiger partial charge < -0.3 is 15.2 Å². The zero-order chi connectivity index (χ0) is 15.7. The Labute approximate surface area is 127 Å². The topological polar surface area (TPSA) is 65.2 Å². The van der Waals surface area contributed by atoms with Crippen LogP contribution in [0.1, 0.15) is 18.9 Å². The molecule has 0 aliphatic carbocycles. The Kier molecular flexibility index (Phi) is 3.83. The molecule has 1 saturated heterocycles. The molecule has 0 radical (unpaired) electrons. The monoisotopic (exact) mass is 303 g/mol. The van der Waals surface area contributed by atoms with Crippen LogP contribution in [0.4, 0.5) is 4.39 Å². The summed E-state index contributed by atoms with van der Waals surface area (Å²) in [7, 11) is 0. The molecule has 5 nitrogen and oxygen atoms in total. The predicted molar refractivity (Wildman–Crippen MR) is 80.8 cm³/mol. The van der Waals surface area contributed by atoms with Crippen LogP contribution < -0.4 is 5.32 Å². The summed E-state index contributed by atoms with van der Waals surface area (Å²) in [5, 5.41) is 3.71. The average Bonchev–Trinajstić information content (AvgIpc) is 3.05. The maximum Gasteiger partial charge on any atom is 0.227 e. The number of hydrogen-bond acceptors (Lipinski definition) is 2. The van der Waals surface area contributed by atoms with Gasteiger partial charge in [0, 0.05) is 43.2 Å². The minimum Gasteiger partial charge on any atom is -0.361 e. The van der Waals surface area contributed by atoms with E-state index in [1.807, 2.05) is 0 Å². The van der Waals surface area contributed by atoms with Crippen LogP contribution >= 0.6 is 0 Å². The van der Waals surface area contributed by atoms with E-state index in [9.17, 15) is 14.0 Å². The quantitative estimate of drug-likeness (QED) is 0.904. The average molecular weight is 303 g/mol. The first-order chi connectivity index (χ1) is 10.5. The van der Waals surface area contributed by atoms with Crippen molar-refractivity contribution in [3.8, 4) is 0 Å². The summed E-state index contributed by atoms with van der Waals surface area (Å²) in [5.74, 6) is -0.346. The van der Waals surface area contributed by atoms with E-state index >= 15 is 0 Å². The van der Waals surface area contributed by atoms with Crippen molar-refractivity contribution in [2.45, 2.75) is 25.8 Å². The van der Waals surface area contributed by atoms with E-state index < -0.39 is 0 Å². The molecule has 2 heterocycles. The number of likely N-dealkylation sites (tertiary alicyclic amines) is 1. The van der Waals surface area contributed by atoms with Crippen molar-refractivity contribution in [3.63, 3.8) is 0 Å². The number of hydrogen-bond donors (Lipinski definition) is 2. The third-order valence-corrected chi connectivity index (χ3v) is 4.02. The fourth-order valence-electron chi connectivity index (χ4n) is 2.97. The first-order valence-electron chi connectivity index (χ1n) is 7.33. The van der Waals surface area contributed by atoms with Crippen LogP contribution in [-0.4, -0.2) is 40.8 Å². The van der Waals surface area contributed by atoms with Gasteiger partial charge in [0.05, 0.1) is 6.42 Å². The van der Waals surface area contributed by atoms with Crippen LogP contribution in [-0.2, 0) is 16.0 Å². The van der Waals surface area contributed by atoms with Crippen molar-refractivity contribution in [1.82, 2.24) is 15.2 Å². The van der Waals surface area contributed by atoms with Crippen LogP contribution in [0.2, 0.25) is 0 Å². The van der Waals surface area contributed by atoms with Gasteiger partial charge in [-0.15, -0.1) is 0 Å². The van der Waals surface area contributed by atoms with Gasteiger partial charge in [-0.1, -0.05) is 0 Å². The molecule has 0 saturated carbocycles. The molecular weight excluding hydrogens is 285 g/mol. The Bertz CT molecular complexity index is 725. The fourth-order valence-corrected chi connectivity index (χ4v) is 2.97. The molecule has 1 aliphatic heterocycles. The van der Waals surface area contributed by atoms with Crippen molar-refractivity contribution in [1.29, 1.82) is 0 Å². The molecular formula is C16H18FN3O2. The number of nitrogens with one attached hydrogen (secondary N) is 2. The van der Waals surface area contributed by atoms with Crippen LogP contribution in [0.3, 0.4) is 0 Å². The summed E-state index contributed by atoms with van der Waals surface area (Å²) in [6, 6.07) is 4.55. The number of amides is 2. The van der Waals surface area contributed by atoms with E-state index in [1.54, 1.807) is 17.2 Å². The number of benzene rings is 1. The highest BCUT2D eigenvalue weighted by molar-refractivity contribution is 5.89. The number of fused-ring (bicyclic) bond motifs is 1. The van der Waals surface area contributed by atoms with Gasteiger partial charge >= 0.3 is 0 Å². The Morgan fingerprint density at radius 3 is 3.05 bits per heavy atom. The standard InChI is InChI=1S/C16H18FN3O2/c1-10(21)19-13-4-5-20(9-13)16(22)6-11-8-18-15-7-12(17)2-3-14(11)15/h2-3,7-8,13,18H,4-6,9H2,1H3,(H,19,21)/t13-/m1/s1. The fraction of sp³-hybridized carbons (Fsp3) is 0.375. The molecule has 0 spiro atoms. The lowest BCUT2D eigenvalue weighted by atomic mass is 10.1. The second-order valence-electron chi connectivity index (χ2n) is 5.71. The molecule has 1 aliphatic rings. The molecule has 2 aromatic rings. The number of halogens is 1. The van der Waals surface area contributed by atoms with Crippen molar-refractivity contribution in [2.75, 3.05) is 13.1 Å². The van der Waals surface area contributed by atoms with E-state index in [1.165, 1.54) is 19.1 Å². The van der Waals surface area contributed by atoms with Crippen LogP contribution in [0.5, 0.6) is 0 Å². The van der Waals surface area contributed by atoms with Gasteiger partial charge in [-0.3, -0.25) is 9.59 Å². The summed E-state index contributed by atoms with van der Waals surface area (Å²) in [4.78, 5) is 28.2. The highest BCUT2D eigenvalue weighted by Crippen LogP contribution is 2.21. The third-order valence-electron chi connectivity index (χ3n) is 4.02. The van der Waals surface area contributed by atoms with Crippen LogP contribution in [0.15, 0.2) is 24.4 Å². The molecule has 2 N–H and O–H groups in total. The molecule has 1 fully saturated rings. The molecule has 22 heavy (non-hydrogen) atoms. The molecule has 3 rings (SSSR count). The maximum atomic E-state index is 13.2. The lowest BCUT2D eigenvalue weighted by molar-refractivity contribution is -0.129. The summed E-state index contributed by atoms with van der Waals surface area (Å²) in [6.45, 7) is 2.69. The zero-order valence-corrected chi connectivity index (χ0v) is 12.4. The summed E-state index contributed by atoms with van der Waals surface area (Å²) in [5.41, 5.74) is 1.56.